The first-order chi connectivity index (χ1) is 7.63. The third kappa shape index (κ3) is 2.81. The summed E-state index contributed by atoms with van der Waals surface area (Å²) in [4.78, 5) is 4.17. The van der Waals surface area contributed by atoms with E-state index in [1.54, 1.807) is 28.8 Å². The van der Waals surface area contributed by atoms with Crippen LogP contribution in [0.25, 0.3) is 0 Å². The van der Waals surface area contributed by atoms with Crippen LogP contribution in [0.2, 0.25) is 0 Å². The number of nitrogens with zero attached hydrogens (tertiary/aromatic N) is 2. The fourth-order valence-corrected chi connectivity index (χ4v) is 3.64. The number of hydrogen-bond donors (Lipinski definition) is 0. The molecule has 0 saturated heterocycles. The molecule has 0 unspecified atom stereocenters. The van der Waals surface area contributed by atoms with Crippen LogP contribution in [-0.2, 0) is 16.4 Å². The highest BCUT2D eigenvalue weighted by Crippen LogP contribution is 2.29. The summed E-state index contributed by atoms with van der Waals surface area (Å²) in [6, 6.07) is 0.255. The van der Waals surface area contributed by atoms with Gasteiger partial charge in [0.25, 0.3) is 0 Å². The van der Waals surface area contributed by atoms with Gasteiger partial charge in [0.05, 0.1) is 10.8 Å². The topological polar surface area (TPSA) is 50.3 Å². The molecule has 0 aliphatic heterocycles. The van der Waals surface area contributed by atoms with E-state index in [1.807, 2.05) is 5.38 Å². The minimum absolute atomic E-state index is 0.196. The van der Waals surface area contributed by atoms with E-state index in [1.165, 1.54) is 0 Å². The van der Waals surface area contributed by atoms with Crippen LogP contribution in [0.3, 0.4) is 0 Å². The lowest BCUT2D eigenvalue weighted by molar-refractivity contribution is 0.408. The molecule has 1 fully saturated rings. The van der Waals surface area contributed by atoms with Gasteiger partial charge in [-0.25, -0.2) is 13.4 Å². The van der Waals surface area contributed by atoms with E-state index >= 15 is 0 Å². The molecule has 0 radical (unpaired) electrons. The van der Waals surface area contributed by atoms with Crippen LogP contribution in [0.4, 0.5) is 0 Å². The second kappa shape index (κ2) is 4.81. The molecule has 0 N–H and O–H groups in total. The molecule has 1 aliphatic rings. The van der Waals surface area contributed by atoms with Crippen LogP contribution in [0.1, 0.15) is 24.8 Å². The third-order valence-corrected chi connectivity index (χ3v) is 5.47. The van der Waals surface area contributed by atoms with E-state index < -0.39 is 10.0 Å². The van der Waals surface area contributed by atoms with E-state index in [2.05, 4.69) is 4.98 Å². The molecule has 6 heteroatoms. The van der Waals surface area contributed by atoms with Crippen LogP contribution < -0.4 is 0 Å². The monoisotopic (exact) mass is 260 g/mol. The molecule has 16 heavy (non-hydrogen) atoms. The summed E-state index contributed by atoms with van der Waals surface area (Å²) in [6.07, 6.45) is 4.51. The zero-order valence-corrected chi connectivity index (χ0v) is 10.9. The van der Waals surface area contributed by atoms with Crippen LogP contribution in [0.5, 0.6) is 0 Å². The minimum Gasteiger partial charge on any atom is -0.250 e. The quantitative estimate of drug-likeness (QED) is 0.779. The average Bonchev–Trinajstić information content (AvgIpc) is 2.94. The summed E-state index contributed by atoms with van der Waals surface area (Å²) < 4.78 is 25.4. The Balaban J connectivity index is 1.98. The molecule has 1 aromatic heterocycles. The summed E-state index contributed by atoms with van der Waals surface area (Å²) in [6.45, 7) is 2.28. The second-order valence-corrected chi connectivity index (χ2v) is 7.11. The van der Waals surface area contributed by atoms with E-state index in [9.17, 15) is 8.42 Å². The van der Waals surface area contributed by atoms with Crippen molar-refractivity contribution in [1.29, 1.82) is 0 Å². The molecule has 1 aliphatic carbocycles. The van der Waals surface area contributed by atoms with Crippen molar-refractivity contribution in [3.8, 4) is 0 Å². The first-order valence-corrected chi connectivity index (χ1v) is 8.00. The highest BCUT2D eigenvalue weighted by Gasteiger charge is 2.35. The van der Waals surface area contributed by atoms with Crippen molar-refractivity contribution in [2.24, 2.45) is 0 Å². The van der Waals surface area contributed by atoms with E-state index in [-0.39, 0.29) is 11.8 Å². The molecular formula is C10H16N2O2S2. The molecule has 0 amide bonds. The van der Waals surface area contributed by atoms with Crippen molar-refractivity contribution < 1.29 is 8.42 Å². The van der Waals surface area contributed by atoms with E-state index in [0.29, 0.717) is 6.54 Å². The van der Waals surface area contributed by atoms with Gasteiger partial charge in [-0.2, -0.15) is 4.31 Å². The van der Waals surface area contributed by atoms with Gasteiger partial charge < -0.3 is 0 Å². The van der Waals surface area contributed by atoms with Gasteiger partial charge in [-0.3, -0.25) is 0 Å². The molecule has 0 spiro atoms. The second-order valence-electron chi connectivity index (χ2n) is 3.92. The number of thiazole rings is 1. The maximum atomic E-state index is 11.8. The molecule has 1 saturated carbocycles. The SMILES string of the molecule is CCS(=O)(=O)N(CCc1nccs1)C1CC1. The van der Waals surface area contributed by atoms with E-state index in [4.69, 9.17) is 0 Å². The highest BCUT2D eigenvalue weighted by molar-refractivity contribution is 7.89. The molecule has 2 rings (SSSR count). The van der Waals surface area contributed by atoms with Gasteiger partial charge in [0.2, 0.25) is 10.0 Å². The Morgan fingerprint density at radius 1 is 1.56 bits per heavy atom. The Morgan fingerprint density at radius 2 is 2.31 bits per heavy atom. The fraction of sp³-hybridized carbons (Fsp3) is 0.700. The van der Waals surface area contributed by atoms with Crippen LogP contribution in [-0.4, -0.2) is 36.0 Å². The van der Waals surface area contributed by atoms with Crippen molar-refractivity contribution >= 4 is 21.4 Å². The highest BCUT2D eigenvalue weighted by atomic mass is 32.2. The van der Waals surface area contributed by atoms with Gasteiger partial charge in [0.1, 0.15) is 0 Å². The third-order valence-electron chi connectivity index (χ3n) is 2.71. The predicted molar refractivity (Wildman–Crippen MR) is 65.0 cm³/mol. The van der Waals surface area contributed by atoms with Crippen LogP contribution in [0, 0.1) is 0 Å². The molecule has 1 heterocycles. The zero-order valence-electron chi connectivity index (χ0n) is 9.30. The van der Waals surface area contributed by atoms with Crippen molar-refractivity contribution in [3.63, 3.8) is 0 Å². The maximum Gasteiger partial charge on any atom is 0.214 e. The smallest absolute Gasteiger partial charge is 0.214 e. The molecule has 0 atom stereocenters. The lowest BCUT2D eigenvalue weighted by Gasteiger charge is -2.20. The average molecular weight is 260 g/mol. The van der Waals surface area contributed by atoms with Crippen molar-refractivity contribution in [2.75, 3.05) is 12.3 Å². The summed E-state index contributed by atoms with van der Waals surface area (Å²) in [7, 11) is -3.04. The first kappa shape index (κ1) is 12.0. The first-order valence-electron chi connectivity index (χ1n) is 5.51. The normalized spacial score (nSPS) is 16.9. The lowest BCUT2D eigenvalue weighted by Crippen LogP contribution is -2.36. The Labute approximate surface area is 100 Å². The summed E-state index contributed by atoms with van der Waals surface area (Å²) in [5.74, 6) is 0.196. The zero-order chi connectivity index (χ0) is 11.6. The number of rotatable bonds is 6. The predicted octanol–water partition coefficient (Wildman–Crippen LogP) is 1.50. The molecule has 0 bridgehead atoms. The number of sulfonamides is 1. The Morgan fingerprint density at radius 3 is 2.81 bits per heavy atom. The Kier molecular flexibility index (Phi) is 3.61. The lowest BCUT2D eigenvalue weighted by atomic mass is 10.4. The molecular weight excluding hydrogens is 244 g/mol. The standard InChI is InChI=1S/C10H16N2O2S2/c1-2-16(13,14)12(9-3-4-9)7-5-10-11-6-8-15-10/h6,8-9H,2-5,7H2,1H3. The van der Waals surface area contributed by atoms with Gasteiger partial charge >= 0.3 is 0 Å². The maximum absolute atomic E-state index is 11.8. The van der Waals surface area contributed by atoms with Gasteiger partial charge in [-0.1, -0.05) is 0 Å². The largest absolute Gasteiger partial charge is 0.250 e. The number of hydrogen-bond acceptors (Lipinski definition) is 4. The molecule has 4 nitrogen and oxygen atoms in total. The summed E-state index contributed by atoms with van der Waals surface area (Å²) >= 11 is 1.58. The minimum atomic E-state index is -3.04. The van der Waals surface area contributed by atoms with Gasteiger partial charge in [0, 0.05) is 30.6 Å². The van der Waals surface area contributed by atoms with E-state index in [0.717, 1.165) is 24.3 Å². The molecule has 0 aromatic carbocycles. The van der Waals surface area contributed by atoms with Gasteiger partial charge in [-0.15, -0.1) is 11.3 Å². The summed E-state index contributed by atoms with van der Waals surface area (Å²) in [5.41, 5.74) is 0. The molecule has 1 aromatic rings. The Hall–Kier alpha value is -0.460. The van der Waals surface area contributed by atoms with Gasteiger partial charge in [0.15, 0.2) is 0 Å². The Bertz CT molecular complexity index is 424. The summed E-state index contributed by atoms with van der Waals surface area (Å²) in [5, 5.41) is 2.93. The molecule has 90 valence electrons. The van der Waals surface area contributed by atoms with Crippen molar-refractivity contribution in [3.05, 3.63) is 16.6 Å². The van der Waals surface area contributed by atoms with Crippen molar-refractivity contribution in [2.45, 2.75) is 32.2 Å². The fourth-order valence-electron chi connectivity index (χ4n) is 1.66. The number of aromatic nitrogens is 1. The van der Waals surface area contributed by atoms with Crippen LogP contribution in [0.15, 0.2) is 11.6 Å². The van der Waals surface area contributed by atoms with Gasteiger partial charge in [-0.05, 0) is 19.8 Å². The van der Waals surface area contributed by atoms with Crippen molar-refractivity contribution in [1.82, 2.24) is 9.29 Å². The van der Waals surface area contributed by atoms with Crippen LogP contribution >= 0.6 is 11.3 Å².